The largest absolute Gasteiger partial charge is 0.528 e. The molecule has 0 fully saturated rings. The van der Waals surface area contributed by atoms with Crippen molar-refractivity contribution in [2.24, 2.45) is 0 Å². The Balaban J connectivity index is 1.53. The highest BCUT2D eigenvalue weighted by atomic mass is 19.1. The maximum Gasteiger partial charge on any atom is 0.528 e. The van der Waals surface area contributed by atoms with Gasteiger partial charge in [0.05, 0.1) is 13.0 Å². The van der Waals surface area contributed by atoms with E-state index >= 15 is 0 Å². The van der Waals surface area contributed by atoms with Crippen molar-refractivity contribution in [3.63, 3.8) is 0 Å². The average Bonchev–Trinajstić information content (AvgIpc) is 2.78. The van der Waals surface area contributed by atoms with Crippen LogP contribution in [0.25, 0.3) is 11.1 Å². The van der Waals surface area contributed by atoms with Gasteiger partial charge in [-0.3, -0.25) is 4.79 Å². The van der Waals surface area contributed by atoms with E-state index in [1.807, 2.05) is 30.3 Å². The van der Waals surface area contributed by atoms with Crippen molar-refractivity contribution in [3.8, 4) is 11.1 Å². The molecule has 1 heterocycles. The second-order valence-electron chi connectivity index (χ2n) is 7.70. The zero-order valence-electron chi connectivity index (χ0n) is 17.6. The van der Waals surface area contributed by atoms with Crippen LogP contribution in [0.4, 0.5) is 13.6 Å². The number of carboxylic acids is 1. The van der Waals surface area contributed by atoms with Crippen LogP contribution < -0.4 is 0 Å². The molecule has 1 aliphatic heterocycles. The van der Waals surface area contributed by atoms with E-state index < -0.39 is 23.8 Å². The van der Waals surface area contributed by atoms with Crippen molar-refractivity contribution in [1.82, 2.24) is 5.06 Å². The number of carboxylic acid groups (broad SMARTS) is 1. The van der Waals surface area contributed by atoms with Gasteiger partial charge >= 0.3 is 12.1 Å². The first-order valence-corrected chi connectivity index (χ1v) is 10.3. The van der Waals surface area contributed by atoms with Gasteiger partial charge in [-0.05, 0) is 58.0 Å². The third-order valence-corrected chi connectivity index (χ3v) is 5.35. The van der Waals surface area contributed by atoms with Crippen LogP contribution in [0.2, 0.25) is 0 Å². The summed E-state index contributed by atoms with van der Waals surface area (Å²) in [4.78, 5) is 28.5. The van der Waals surface area contributed by atoms with Crippen molar-refractivity contribution in [2.45, 2.75) is 26.0 Å². The zero-order chi connectivity index (χ0) is 23.4. The monoisotopic (exact) mass is 453 g/mol. The topological polar surface area (TPSA) is 76.1 Å². The molecule has 8 heteroatoms. The molecule has 0 amide bonds. The lowest BCUT2D eigenvalue weighted by atomic mass is 9.90. The molecule has 3 aromatic rings. The molecule has 0 unspecified atom stereocenters. The quantitative estimate of drug-likeness (QED) is 0.536. The molecule has 33 heavy (non-hydrogen) atoms. The molecule has 0 atom stereocenters. The predicted octanol–water partition coefficient (Wildman–Crippen LogP) is 4.89. The summed E-state index contributed by atoms with van der Waals surface area (Å²) in [5, 5.41) is 10.4. The van der Waals surface area contributed by atoms with Crippen LogP contribution in [0, 0.1) is 11.6 Å². The van der Waals surface area contributed by atoms with Crippen molar-refractivity contribution in [2.75, 3.05) is 6.54 Å². The van der Waals surface area contributed by atoms with E-state index in [0.29, 0.717) is 27.8 Å². The molecular formula is C25H21F2NO5. The lowest BCUT2D eigenvalue weighted by Crippen LogP contribution is -2.34. The summed E-state index contributed by atoms with van der Waals surface area (Å²) in [6.45, 7) is 0.397. The van der Waals surface area contributed by atoms with Crippen LogP contribution in [0.15, 0.2) is 60.7 Å². The average molecular weight is 453 g/mol. The highest BCUT2D eigenvalue weighted by molar-refractivity contribution is 5.74. The number of aliphatic carboxylic acids is 1. The molecule has 0 bridgehead atoms. The zero-order valence-corrected chi connectivity index (χ0v) is 17.6. The maximum absolute atomic E-state index is 14.5. The van der Waals surface area contributed by atoms with E-state index in [9.17, 15) is 18.4 Å². The second kappa shape index (κ2) is 9.79. The van der Waals surface area contributed by atoms with Crippen LogP contribution in [0.1, 0.15) is 22.3 Å². The number of nitrogens with zero attached hydrogens (tertiary/aromatic N) is 1. The number of hydrogen-bond acceptors (Lipinski definition) is 5. The van der Waals surface area contributed by atoms with Gasteiger partial charge in [-0.15, -0.1) is 5.06 Å². The molecule has 0 aromatic heterocycles. The van der Waals surface area contributed by atoms with Gasteiger partial charge in [-0.2, -0.15) is 0 Å². The summed E-state index contributed by atoms with van der Waals surface area (Å²) in [6, 6.07) is 16.0. The predicted molar refractivity (Wildman–Crippen MR) is 115 cm³/mol. The summed E-state index contributed by atoms with van der Waals surface area (Å²) in [6.07, 6.45) is -0.940. The molecule has 1 N–H and O–H groups in total. The first kappa shape index (κ1) is 22.4. The summed E-state index contributed by atoms with van der Waals surface area (Å²) in [7, 11) is 0. The van der Waals surface area contributed by atoms with Crippen LogP contribution in [0.5, 0.6) is 0 Å². The lowest BCUT2D eigenvalue weighted by Gasteiger charge is -2.29. The Bertz CT molecular complexity index is 1180. The number of halogens is 2. The third-order valence-electron chi connectivity index (χ3n) is 5.35. The SMILES string of the molecule is O=C(O)Cc1cc(F)cc(-c2ccc(F)c3c2CN(OC(=O)OCc2ccccc2)CC3)c1. The second-order valence-corrected chi connectivity index (χ2v) is 7.70. The smallest absolute Gasteiger partial charge is 0.481 e. The van der Waals surface area contributed by atoms with Gasteiger partial charge in [0, 0.05) is 6.54 Å². The molecule has 0 aliphatic carbocycles. The summed E-state index contributed by atoms with van der Waals surface area (Å²) < 4.78 is 33.8. The highest BCUT2D eigenvalue weighted by Gasteiger charge is 2.26. The molecule has 1 aliphatic rings. The first-order chi connectivity index (χ1) is 15.9. The molecule has 4 rings (SSSR count). The Labute approximate surface area is 188 Å². The fourth-order valence-electron chi connectivity index (χ4n) is 3.89. The highest BCUT2D eigenvalue weighted by Crippen LogP contribution is 2.33. The van der Waals surface area contributed by atoms with E-state index in [1.54, 1.807) is 6.07 Å². The van der Waals surface area contributed by atoms with Crippen LogP contribution >= 0.6 is 0 Å². The van der Waals surface area contributed by atoms with Crippen LogP contribution in [-0.4, -0.2) is 28.8 Å². The van der Waals surface area contributed by atoms with Crippen molar-refractivity contribution >= 4 is 12.1 Å². The minimum atomic E-state index is -1.08. The Morgan fingerprint density at radius 3 is 2.52 bits per heavy atom. The summed E-state index contributed by atoms with van der Waals surface area (Å²) in [5.74, 6) is -2.07. The van der Waals surface area contributed by atoms with Crippen LogP contribution in [-0.2, 0) is 40.4 Å². The number of rotatable bonds is 6. The third kappa shape index (κ3) is 5.53. The Kier molecular flexibility index (Phi) is 6.65. The number of benzene rings is 3. The minimum absolute atomic E-state index is 0.0552. The number of carbonyl (C=O) groups excluding carboxylic acids is 1. The molecule has 0 radical (unpaired) electrons. The van der Waals surface area contributed by atoms with E-state index in [0.717, 1.165) is 11.6 Å². The van der Waals surface area contributed by atoms with Gasteiger partial charge in [-0.25, -0.2) is 13.6 Å². The van der Waals surface area contributed by atoms with Crippen molar-refractivity contribution < 1.29 is 33.1 Å². The van der Waals surface area contributed by atoms with Gasteiger partial charge in [0.2, 0.25) is 0 Å². The number of fused-ring (bicyclic) bond motifs is 1. The van der Waals surface area contributed by atoms with Gasteiger partial charge in [0.1, 0.15) is 18.2 Å². The molecule has 0 saturated carbocycles. The Morgan fingerprint density at radius 2 is 1.76 bits per heavy atom. The Morgan fingerprint density at radius 1 is 0.970 bits per heavy atom. The normalized spacial score (nSPS) is 13.3. The Hall–Kier alpha value is -3.78. The lowest BCUT2D eigenvalue weighted by molar-refractivity contribution is -0.139. The molecular weight excluding hydrogens is 432 g/mol. The summed E-state index contributed by atoms with van der Waals surface area (Å²) in [5.41, 5.74) is 3.08. The number of hydroxylamine groups is 2. The van der Waals surface area contributed by atoms with Gasteiger partial charge in [-0.1, -0.05) is 42.5 Å². The van der Waals surface area contributed by atoms with Crippen LogP contribution in [0.3, 0.4) is 0 Å². The fraction of sp³-hybridized carbons (Fsp3) is 0.200. The number of hydrogen-bond donors (Lipinski definition) is 1. The first-order valence-electron chi connectivity index (χ1n) is 10.3. The molecule has 6 nitrogen and oxygen atoms in total. The maximum atomic E-state index is 14.5. The van der Waals surface area contributed by atoms with Crippen molar-refractivity contribution in [1.29, 1.82) is 0 Å². The standard InChI is InChI=1S/C25H21F2NO5/c26-19-11-17(12-24(29)30)10-18(13-19)20-6-7-23(27)21-8-9-28(14-22(20)21)33-25(31)32-15-16-4-2-1-3-5-16/h1-7,10-11,13H,8-9,12,14-15H2,(H,29,30). The van der Waals surface area contributed by atoms with E-state index in [4.69, 9.17) is 14.7 Å². The summed E-state index contributed by atoms with van der Waals surface area (Å²) >= 11 is 0. The minimum Gasteiger partial charge on any atom is -0.481 e. The van der Waals surface area contributed by atoms with E-state index in [1.165, 1.54) is 23.3 Å². The van der Waals surface area contributed by atoms with Gasteiger partial charge in [0.25, 0.3) is 0 Å². The molecule has 3 aromatic carbocycles. The molecule has 170 valence electrons. The van der Waals surface area contributed by atoms with E-state index in [-0.39, 0.29) is 32.5 Å². The number of carbonyl (C=O) groups is 2. The van der Waals surface area contributed by atoms with Crippen molar-refractivity contribution in [3.05, 3.63) is 94.6 Å². The molecule has 0 saturated heterocycles. The fourth-order valence-corrected chi connectivity index (χ4v) is 3.89. The van der Waals surface area contributed by atoms with Gasteiger partial charge in [0.15, 0.2) is 0 Å². The van der Waals surface area contributed by atoms with E-state index in [2.05, 4.69) is 0 Å². The molecule has 0 spiro atoms. The van der Waals surface area contributed by atoms with Gasteiger partial charge < -0.3 is 14.7 Å². The number of ether oxygens (including phenoxy) is 1.